The molecule has 0 saturated heterocycles. The molecule has 0 radical (unpaired) electrons. The first-order chi connectivity index (χ1) is 11.3. The third-order valence-electron chi connectivity index (χ3n) is 3.39. The van der Waals surface area contributed by atoms with Crippen LogP contribution in [-0.2, 0) is 12.7 Å². The number of hydrogen-bond donors (Lipinski definition) is 0. The first kappa shape index (κ1) is 16.0. The van der Waals surface area contributed by atoms with Crippen LogP contribution in [0.5, 0.6) is 0 Å². The van der Waals surface area contributed by atoms with Gasteiger partial charge in [0.25, 0.3) is 5.56 Å². The molecule has 8 heteroatoms. The summed E-state index contributed by atoms with van der Waals surface area (Å²) in [7, 11) is 0. The van der Waals surface area contributed by atoms with E-state index in [1.807, 2.05) is 13.0 Å². The molecule has 0 aliphatic rings. The summed E-state index contributed by atoms with van der Waals surface area (Å²) in [6, 6.07) is 9.93. The van der Waals surface area contributed by atoms with Crippen molar-refractivity contribution >= 4 is 0 Å². The van der Waals surface area contributed by atoms with Crippen molar-refractivity contribution < 1.29 is 17.7 Å². The zero-order valence-corrected chi connectivity index (χ0v) is 12.5. The number of pyridine rings is 1. The molecule has 0 atom stereocenters. The molecule has 1 aromatic carbocycles. The van der Waals surface area contributed by atoms with Crippen LogP contribution >= 0.6 is 0 Å². The Labute approximate surface area is 134 Å². The number of benzene rings is 1. The van der Waals surface area contributed by atoms with Gasteiger partial charge in [0.15, 0.2) is 0 Å². The van der Waals surface area contributed by atoms with E-state index < -0.39 is 12.1 Å². The van der Waals surface area contributed by atoms with Gasteiger partial charge in [-0.1, -0.05) is 29.4 Å². The molecule has 3 rings (SSSR count). The average molecular weight is 335 g/mol. The summed E-state index contributed by atoms with van der Waals surface area (Å²) in [5.74, 6) is -1.52. The Morgan fingerprint density at radius 2 is 1.88 bits per heavy atom. The average Bonchev–Trinajstić information content (AvgIpc) is 3.01. The van der Waals surface area contributed by atoms with Gasteiger partial charge < -0.3 is 9.09 Å². The van der Waals surface area contributed by atoms with E-state index in [0.29, 0.717) is 12.1 Å². The van der Waals surface area contributed by atoms with Crippen molar-refractivity contribution in [3.8, 4) is 11.4 Å². The van der Waals surface area contributed by atoms with E-state index in [1.165, 1.54) is 10.6 Å². The van der Waals surface area contributed by atoms with Crippen LogP contribution in [0.3, 0.4) is 0 Å². The number of halogens is 3. The molecule has 3 aromatic rings. The minimum absolute atomic E-state index is 0.118. The molecule has 24 heavy (non-hydrogen) atoms. The van der Waals surface area contributed by atoms with Gasteiger partial charge >= 0.3 is 12.1 Å². The summed E-state index contributed by atoms with van der Waals surface area (Å²) in [5, 5.41) is 3.33. The molecule has 2 aromatic heterocycles. The number of hydrogen-bond acceptors (Lipinski definition) is 4. The van der Waals surface area contributed by atoms with E-state index >= 15 is 0 Å². The van der Waals surface area contributed by atoms with E-state index in [0.717, 1.165) is 11.1 Å². The Bertz CT molecular complexity index is 911. The molecule has 0 fully saturated rings. The molecule has 124 valence electrons. The van der Waals surface area contributed by atoms with Gasteiger partial charge in [0, 0.05) is 17.8 Å². The quantitative estimate of drug-likeness (QED) is 0.737. The summed E-state index contributed by atoms with van der Waals surface area (Å²) >= 11 is 0. The van der Waals surface area contributed by atoms with Crippen molar-refractivity contribution in [2.75, 3.05) is 0 Å². The molecule has 0 aliphatic carbocycles. The van der Waals surface area contributed by atoms with Crippen molar-refractivity contribution in [1.29, 1.82) is 0 Å². The molecule has 5 nitrogen and oxygen atoms in total. The van der Waals surface area contributed by atoms with Crippen LogP contribution in [0.25, 0.3) is 11.4 Å². The normalized spacial score (nSPS) is 11.7. The van der Waals surface area contributed by atoms with E-state index in [-0.39, 0.29) is 11.4 Å². The smallest absolute Gasteiger partial charge is 0.329 e. The Morgan fingerprint density at radius 3 is 2.46 bits per heavy atom. The van der Waals surface area contributed by atoms with Crippen LogP contribution in [0, 0.1) is 6.92 Å². The fourth-order valence-corrected chi connectivity index (χ4v) is 2.15. The van der Waals surface area contributed by atoms with Gasteiger partial charge in [-0.25, -0.2) is 0 Å². The fourth-order valence-electron chi connectivity index (χ4n) is 2.15. The number of rotatable bonds is 3. The zero-order valence-electron chi connectivity index (χ0n) is 12.5. The summed E-state index contributed by atoms with van der Waals surface area (Å²) in [4.78, 5) is 15.2. The number of aromatic nitrogens is 3. The maximum absolute atomic E-state index is 12.5. The molecular weight excluding hydrogens is 323 g/mol. The van der Waals surface area contributed by atoms with Gasteiger partial charge in [-0.3, -0.25) is 4.79 Å². The lowest BCUT2D eigenvalue weighted by molar-refractivity contribution is -0.159. The van der Waals surface area contributed by atoms with Crippen molar-refractivity contribution in [2.45, 2.75) is 19.6 Å². The minimum Gasteiger partial charge on any atom is -0.329 e. The largest absolute Gasteiger partial charge is 0.471 e. The summed E-state index contributed by atoms with van der Waals surface area (Å²) < 4.78 is 43.1. The summed E-state index contributed by atoms with van der Waals surface area (Å²) in [6.45, 7) is 2.19. The second kappa shape index (κ2) is 5.95. The Kier molecular flexibility index (Phi) is 3.96. The molecule has 0 spiro atoms. The molecule has 0 unspecified atom stereocenters. The predicted octanol–water partition coefficient (Wildman–Crippen LogP) is 3.27. The highest BCUT2D eigenvalue weighted by Crippen LogP contribution is 2.29. The van der Waals surface area contributed by atoms with Gasteiger partial charge in [0.05, 0.1) is 6.54 Å². The molecule has 2 heterocycles. The Hall–Kier alpha value is -2.90. The number of nitrogens with zero attached hydrogens (tertiary/aromatic N) is 3. The highest BCUT2D eigenvalue weighted by atomic mass is 19.4. The van der Waals surface area contributed by atoms with Crippen LogP contribution in [0.4, 0.5) is 13.2 Å². The summed E-state index contributed by atoms with van der Waals surface area (Å²) in [5.41, 5.74) is 1.98. The maximum Gasteiger partial charge on any atom is 0.471 e. The predicted molar refractivity (Wildman–Crippen MR) is 79.3 cm³/mol. The van der Waals surface area contributed by atoms with Gasteiger partial charge in [0.2, 0.25) is 5.82 Å². The van der Waals surface area contributed by atoms with Crippen LogP contribution < -0.4 is 5.56 Å². The van der Waals surface area contributed by atoms with E-state index in [9.17, 15) is 18.0 Å². The van der Waals surface area contributed by atoms with Crippen molar-refractivity contribution in [3.05, 3.63) is 70.0 Å². The molecular formula is C16H12F3N3O2. The van der Waals surface area contributed by atoms with Crippen LogP contribution in [-0.4, -0.2) is 14.7 Å². The molecule has 0 bridgehead atoms. The van der Waals surface area contributed by atoms with Crippen molar-refractivity contribution in [1.82, 2.24) is 14.7 Å². The standard InChI is InChI=1S/C16H12F3N3O2/c1-10-6-7-22(13(23)8-10)9-11-2-4-12(5-3-11)14-20-15(24-21-14)16(17,18)19/h2-8H,9H2,1H3. The first-order valence-electron chi connectivity index (χ1n) is 7.00. The highest BCUT2D eigenvalue weighted by Gasteiger charge is 2.38. The number of alkyl halides is 3. The Morgan fingerprint density at radius 1 is 1.17 bits per heavy atom. The molecule has 0 aliphatic heterocycles. The van der Waals surface area contributed by atoms with Gasteiger partial charge in [0.1, 0.15) is 0 Å². The van der Waals surface area contributed by atoms with Crippen LogP contribution in [0.1, 0.15) is 17.0 Å². The SMILES string of the molecule is Cc1ccn(Cc2ccc(-c3noc(C(F)(F)F)n3)cc2)c(=O)c1. The molecule has 0 amide bonds. The lowest BCUT2D eigenvalue weighted by Gasteiger charge is -2.06. The van der Waals surface area contributed by atoms with Crippen molar-refractivity contribution in [3.63, 3.8) is 0 Å². The molecule has 0 saturated carbocycles. The van der Waals surface area contributed by atoms with Gasteiger partial charge in [-0.05, 0) is 24.1 Å². The summed E-state index contributed by atoms with van der Waals surface area (Å²) in [6.07, 6.45) is -2.97. The molecule has 0 N–H and O–H groups in total. The zero-order chi connectivity index (χ0) is 17.3. The van der Waals surface area contributed by atoms with Gasteiger partial charge in [-0.2, -0.15) is 18.2 Å². The third-order valence-corrected chi connectivity index (χ3v) is 3.39. The monoisotopic (exact) mass is 335 g/mol. The van der Waals surface area contributed by atoms with Crippen molar-refractivity contribution in [2.24, 2.45) is 0 Å². The first-order valence-corrected chi connectivity index (χ1v) is 7.00. The lowest BCUT2D eigenvalue weighted by atomic mass is 10.1. The van der Waals surface area contributed by atoms with Crippen LogP contribution in [0.15, 0.2) is 51.9 Å². The third kappa shape index (κ3) is 3.37. The maximum atomic E-state index is 12.5. The topological polar surface area (TPSA) is 60.9 Å². The lowest BCUT2D eigenvalue weighted by Crippen LogP contribution is -2.19. The van der Waals surface area contributed by atoms with Gasteiger partial charge in [-0.15, -0.1) is 0 Å². The second-order valence-corrected chi connectivity index (χ2v) is 5.29. The van der Waals surface area contributed by atoms with Crippen LogP contribution in [0.2, 0.25) is 0 Å². The number of aryl methyl sites for hydroxylation is 1. The Balaban J connectivity index is 1.80. The van der Waals surface area contributed by atoms with E-state index in [2.05, 4.69) is 14.7 Å². The highest BCUT2D eigenvalue weighted by molar-refractivity contribution is 5.54. The van der Waals surface area contributed by atoms with E-state index in [4.69, 9.17) is 0 Å². The fraction of sp³-hybridized carbons (Fsp3) is 0.188. The second-order valence-electron chi connectivity index (χ2n) is 5.29. The minimum atomic E-state index is -4.67. The van der Waals surface area contributed by atoms with E-state index in [1.54, 1.807) is 30.5 Å².